The zero-order valence-electron chi connectivity index (χ0n) is 8.81. The highest BCUT2D eigenvalue weighted by Crippen LogP contribution is 2.26. The average molecular weight is 322 g/mol. The van der Waals surface area contributed by atoms with E-state index in [0.29, 0.717) is 0 Å². The molecule has 7 nitrogen and oxygen atoms in total. The van der Waals surface area contributed by atoms with Crippen LogP contribution in [0.15, 0.2) is 0 Å². The van der Waals surface area contributed by atoms with Gasteiger partial charge in [0.25, 0.3) is 9.70 Å². The fourth-order valence-electron chi connectivity index (χ4n) is 1.52. The van der Waals surface area contributed by atoms with Crippen molar-refractivity contribution >= 4 is 46.7 Å². The maximum absolute atomic E-state index is 11.3. The van der Waals surface area contributed by atoms with E-state index < -0.39 is 40.0 Å². The van der Waals surface area contributed by atoms with Gasteiger partial charge in [0.15, 0.2) is 0 Å². The first-order valence-electron chi connectivity index (χ1n) is 4.84. The van der Waals surface area contributed by atoms with Crippen LogP contribution >= 0.6 is 34.8 Å². The number of nitrogens with one attached hydrogen (secondary N) is 2. The Balaban J connectivity index is 2.67. The van der Waals surface area contributed by atoms with E-state index >= 15 is 0 Å². The van der Waals surface area contributed by atoms with E-state index in [2.05, 4.69) is 10.6 Å². The SMILES string of the molecule is O=C(O)[C@H]1CN[C@H](NC(=O)C(Cl)(Cl)Cl)[C@@H](O)[C@H]1O. The summed E-state index contributed by atoms with van der Waals surface area (Å²) in [4.78, 5) is 22.1. The summed E-state index contributed by atoms with van der Waals surface area (Å²) in [6.07, 6.45) is -4.17. The molecule has 1 heterocycles. The predicted molar refractivity (Wildman–Crippen MR) is 63.4 cm³/mol. The molecule has 104 valence electrons. The molecule has 0 saturated carbocycles. The van der Waals surface area contributed by atoms with Gasteiger partial charge in [-0.25, -0.2) is 0 Å². The fourth-order valence-corrected chi connectivity index (χ4v) is 1.69. The number of hydrogen-bond acceptors (Lipinski definition) is 5. The Morgan fingerprint density at radius 3 is 2.22 bits per heavy atom. The molecule has 1 aliphatic heterocycles. The number of alkyl halides is 3. The highest BCUT2D eigenvalue weighted by molar-refractivity contribution is 6.76. The summed E-state index contributed by atoms with van der Waals surface area (Å²) in [5.41, 5.74) is 0. The number of amides is 1. The predicted octanol–water partition coefficient (Wildman–Crippen LogP) is -1.18. The minimum Gasteiger partial charge on any atom is -0.481 e. The van der Waals surface area contributed by atoms with Crippen molar-refractivity contribution in [1.29, 1.82) is 0 Å². The van der Waals surface area contributed by atoms with E-state index in [4.69, 9.17) is 39.9 Å². The molecule has 0 spiro atoms. The number of hydrogen-bond donors (Lipinski definition) is 5. The van der Waals surface area contributed by atoms with Crippen LogP contribution < -0.4 is 10.6 Å². The molecule has 0 bridgehead atoms. The average Bonchev–Trinajstić information content (AvgIpc) is 2.22. The smallest absolute Gasteiger partial charge is 0.310 e. The molecule has 1 aliphatic rings. The van der Waals surface area contributed by atoms with Crippen LogP contribution in [0, 0.1) is 5.92 Å². The number of piperidine rings is 1. The normalized spacial score (nSPS) is 32.9. The summed E-state index contributed by atoms with van der Waals surface area (Å²) in [5.74, 6) is -3.44. The number of aliphatic hydroxyl groups is 2. The molecule has 1 rings (SSSR count). The standard InChI is InChI=1S/C8H11Cl3N2O5/c9-8(10,11)7(18)13-5-4(15)3(14)2(1-12-5)6(16)17/h2-5,12,14-15H,1H2,(H,13,18)(H,16,17)/t2-,3-,4-,5+/m0/s1. The van der Waals surface area contributed by atoms with Gasteiger partial charge in [-0.1, -0.05) is 34.8 Å². The van der Waals surface area contributed by atoms with E-state index in [1.165, 1.54) is 0 Å². The van der Waals surface area contributed by atoms with Gasteiger partial charge in [0, 0.05) is 6.54 Å². The third-order valence-electron chi connectivity index (χ3n) is 2.52. The highest BCUT2D eigenvalue weighted by atomic mass is 35.6. The quantitative estimate of drug-likeness (QED) is 0.409. The van der Waals surface area contributed by atoms with Crippen LogP contribution in [0.2, 0.25) is 0 Å². The second-order valence-corrected chi connectivity index (χ2v) is 6.06. The van der Waals surface area contributed by atoms with E-state index in [1.54, 1.807) is 0 Å². The van der Waals surface area contributed by atoms with Crippen LogP contribution in [-0.2, 0) is 9.59 Å². The zero-order chi connectivity index (χ0) is 14.1. The summed E-state index contributed by atoms with van der Waals surface area (Å²) in [7, 11) is 0. The van der Waals surface area contributed by atoms with Crippen molar-refractivity contribution < 1.29 is 24.9 Å². The van der Waals surface area contributed by atoms with Crippen LogP contribution in [0.3, 0.4) is 0 Å². The van der Waals surface area contributed by atoms with Crippen molar-refractivity contribution in [3.63, 3.8) is 0 Å². The van der Waals surface area contributed by atoms with Crippen LogP contribution in [0.4, 0.5) is 0 Å². The monoisotopic (exact) mass is 320 g/mol. The molecule has 4 atom stereocenters. The minimum absolute atomic E-state index is 0.141. The first-order valence-corrected chi connectivity index (χ1v) is 5.98. The number of halogens is 3. The Morgan fingerprint density at radius 1 is 1.22 bits per heavy atom. The summed E-state index contributed by atoms with van der Waals surface area (Å²) in [6, 6.07) is 0. The highest BCUT2D eigenvalue weighted by Gasteiger charge is 2.43. The first-order chi connectivity index (χ1) is 8.14. The summed E-state index contributed by atoms with van der Waals surface area (Å²) in [6.45, 7) is -0.141. The fraction of sp³-hybridized carbons (Fsp3) is 0.750. The molecular weight excluding hydrogens is 310 g/mol. The first kappa shape index (κ1) is 15.7. The summed E-state index contributed by atoms with van der Waals surface area (Å²) < 4.78 is -2.21. The van der Waals surface area contributed by atoms with Gasteiger partial charge in [-0.2, -0.15) is 0 Å². The Kier molecular flexibility index (Phi) is 5.05. The van der Waals surface area contributed by atoms with Gasteiger partial charge in [0.1, 0.15) is 12.3 Å². The van der Waals surface area contributed by atoms with Crippen LogP contribution in [0.1, 0.15) is 0 Å². The number of carbonyl (C=O) groups is 2. The molecule has 0 aromatic carbocycles. The lowest BCUT2D eigenvalue weighted by atomic mass is 9.92. The molecule has 1 fully saturated rings. The molecule has 0 radical (unpaired) electrons. The molecule has 10 heteroatoms. The topological polar surface area (TPSA) is 119 Å². The maximum Gasteiger partial charge on any atom is 0.310 e. The van der Waals surface area contributed by atoms with Crippen molar-refractivity contribution in [3.05, 3.63) is 0 Å². The number of rotatable bonds is 2. The Labute approximate surface area is 117 Å². The van der Waals surface area contributed by atoms with Gasteiger partial charge in [-0.05, 0) is 0 Å². The number of carboxylic acids is 1. The molecule has 18 heavy (non-hydrogen) atoms. The molecule has 0 aliphatic carbocycles. The second kappa shape index (κ2) is 5.77. The minimum atomic E-state index is -2.21. The summed E-state index contributed by atoms with van der Waals surface area (Å²) in [5, 5.41) is 32.7. The summed E-state index contributed by atoms with van der Waals surface area (Å²) >= 11 is 16.0. The van der Waals surface area contributed by atoms with Gasteiger partial charge in [0.2, 0.25) is 0 Å². The van der Waals surface area contributed by atoms with Crippen molar-refractivity contribution in [2.45, 2.75) is 22.2 Å². The number of aliphatic hydroxyl groups excluding tert-OH is 2. The molecule has 0 unspecified atom stereocenters. The van der Waals surface area contributed by atoms with Crippen LogP contribution in [0.25, 0.3) is 0 Å². The van der Waals surface area contributed by atoms with Gasteiger partial charge in [-0.15, -0.1) is 0 Å². The van der Waals surface area contributed by atoms with Crippen LogP contribution in [-0.4, -0.2) is 55.9 Å². The number of carbonyl (C=O) groups excluding carboxylic acids is 1. The molecule has 0 aromatic rings. The van der Waals surface area contributed by atoms with E-state index in [1.807, 2.05) is 0 Å². The molecule has 5 N–H and O–H groups in total. The third-order valence-corrected chi connectivity index (χ3v) is 3.04. The van der Waals surface area contributed by atoms with Gasteiger partial charge in [0.05, 0.1) is 12.0 Å². The molecule has 0 aromatic heterocycles. The lowest BCUT2D eigenvalue weighted by Crippen LogP contribution is -2.65. The maximum atomic E-state index is 11.3. The van der Waals surface area contributed by atoms with Crippen molar-refractivity contribution in [1.82, 2.24) is 10.6 Å². The van der Waals surface area contributed by atoms with Crippen molar-refractivity contribution in [2.24, 2.45) is 5.92 Å². The van der Waals surface area contributed by atoms with Crippen LogP contribution in [0.5, 0.6) is 0 Å². The number of carboxylic acid groups (broad SMARTS) is 1. The molecular formula is C8H11Cl3N2O5. The van der Waals surface area contributed by atoms with Crippen molar-refractivity contribution in [2.75, 3.05) is 6.54 Å². The largest absolute Gasteiger partial charge is 0.481 e. The van der Waals surface area contributed by atoms with Gasteiger partial charge < -0.3 is 20.6 Å². The molecule has 1 saturated heterocycles. The van der Waals surface area contributed by atoms with Gasteiger partial charge in [-0.3, -0.25) is 14.9 Å². The van der Waals surface area contributed by atoms with E-state index in [9.17, 15) is 19.8 Å². The zero-order valence-corrected chi connectivity index (χ0v) is 11.1. The lowest BCUT2D eigenvalue weighted by Gasteiger charge is -2.37. The molecule has 1 amide bonds. The Hall–Kier alpha value is -0.310. The van der Waals surface area contributed by atoms with Gasteiger partial charge >= 0.3 is 5.97 Å². The van der Waals surface area contributed by atoms with E-state index in [0.717, 1.165) is 0 Å². The van der Waals surface area contributed by atoms with Crippen molar-refractivity contribution in [3.8, 4) is 0 Å². The third kappa shape index (κ3) is 3.59. The second-order valence-electron chi connectivity index (χ2n) is 3.78. The Bertz CT molecular complexity index is 348. The Morgan fingerprint density at radius 2 is 1.78 bits per heavy atom. The van der Waals surface area contributed by atoms with E-state index in [-0.39, 0.29) is 6.54 Å². The number of aliphatic carboxylic acids is 1. The lowest BCUT2D eigenvalue weighted by molar-refractivity contribution is -0.154.